The van der Waals surface area contributed by atoms with Crippen molar-refractivity contribution < 1.29 is 19.1 Å². The van der Waals surface area contributed by atoms with Crippen molar-refractivity contribution in [1.29, 1.82) is 0 Å². The first-order valence-electron chi connectivity index (χ1n) is 8.20. The lowest BCUT2D eigenvalue weighted by molar-refractivity contribution is -0.125. The maximum absolute atomic E-state index is 12.4. The summed E-state index contributed by atoms with van der Waals surface area (Å²) in [5.74, 6) is -0.572. The van der Waals surface area contributed by atoms with Crippen LogP contribution in [-0.2, 0) is 14.4 Å². The average Bonchev–Trinajstić information content (AvgIpc) is 2.92. The van der Waals surface area contributed by atoms with Crippen molar-refractivity contribution in [2.45, 2.75) is 19.4 Å². The second kappa shape index (κ2) is 7.79. The number of hydrazine groups is 1. The van der Waals surface area contributed by atoms with Crippen LogP contribution in [-0.4, -0.2) is 30.4 Å². The van der Waals surface area contributed by atoms with Gasteiger partial charge in [0.15, 0.2) is 6.61 Å². The number of nitrogens with one attached hydrogen (secondary N) is 2. The van der Waals surface area contributed by atoms with Crippen LogP contribution >= 0.6 is 0 Å². The Labute approximate surface area is 150 Å². The fourth-order valence-electron chi connectivity index (χ4n) is 2.65. The molecule has 0 spiro atoms. The molecule has 1 aliphatic heterocycles. The highest BCUT2D eigenvalue weighted by molar-refractivity contribution is 6.22. The minimum absolute atomic E-state index is 0.0211. The van der Waals surface area contributed by atoms with E-state index in [1.54, 1.807) is 36.4 Å². The molecule has 0 saturated carbocycles. The third-order valence-electron chi connectivity index (χ3n) is 3.91. The van der Waals surface area contributed by atoms with E-state index in [-0.39, 0.29) is 18.9 Å². The summed E-state index contributed by atoms with van der Waals surface area (Å²) in [5, 5.41) is 0. The minimum Gasteiger partial charge on any atom is -0.484 e. The second-order valence-electron chi connectivity index (χ2n) is 5.96. The lowest BCUT2D eigenvalue weighted by Crippen LogP contribution is -2.49. The van der Waals surface area contributed by atoms with E-state index in [9.17, 15) is 14.4 Å². The Bertz CT molecular complexity index is 823. The third-order valence-corrected chi connectivity index (χ3v) is 3.91. The summed E-state index contributed by atoms with van der Waals surface area (Å²) in [6.07, 6.45) is -0.0211. The molecule has 2 aromatic rings. The molecule has 0 unspecified atom stereocenters. The van der Waals surface area contributed by atoms with Gasteiger partial charge in [-0.2, -0.15) is 0 Å². The van der Waals surface area contributed by atoms with E-state index in [0.717, 1.165) is 10.5 Å². The maximum Gasteiger partial charge on any atom is 0.272 e. The minimum atomic E-state index is -0.800. The fraction of sp³-hybridized carbons (Fsp3) is 0.211. The van der Waals surface area contributed by atoms with E-state index in [2.05, 4.69) is 10.9 Å². The van der Waals surface area contributed by atoms with Gasteiger partial charge in [-0.15, -0.1) is 0 Å². The molecule has 2 aromatic carbocycles. The normalized spacial score (nSPS) is 16.7. The molecule has 26 heavy (non-hydrogen) atoms. The molecule has 0 aliphatic carbocycles. The number of benzene rings is 2. The lowest BCUT2D eigenvalue weighted by atomic mass is 10.2. The highest BCUT2D eigenvalue weighted by Gasteiger charge is 2.39. The van der Waals surface area contributed by atoms with Crippen LogP contribution in [0.2, 0.25) is 0 Å². The Hall–Kier alpha value is -3.19. The quantitative estimate of drug-likeness (QED) is 0.604. The van der Waals surface area contributed by atoms with Gasteiger partial charge in [0, 0.05) is 0 Å². The number of rotatable bonds is 6. The molecule has 1 aliphatic rings. The van der Waals surface area contributed by atoms with Gasteiger partial charge in [0.05, 0.1) is 12.1 Å². The summed E-state index contributed by atoms with van der Waals surface area (Å²) in [4.78, 5) is 37.5. The van der Waals surface area contributed by atoms with Gasteiger partial charge in [-0.1, -0.05) is 30.3 Å². The van der Waals surface area contributed by atoms with Crippen molar-refractivity contribution in [3.8, 4) is 5.75 Å². The summed E-state index contributed by atoms with van der Waals surface area (Å²) in [7, 11) is 0. The predicted octanol–water partition coefficient (Wildman–Crippen LogP) is 1.33. The third kappa shape index (κ3) is 4.07. The Morgan fingerprint density at radius 3 is 2.65 bits per heavy atom. The Morgan fingerprint density at radius 2 is 1.92 bits per heavy atom. The smallest absolute Gasteiger partial charge is 0.272 e. The van der Waals surface area contributed by atoms with Crippen molar-refractivity contribution in [1.82, 2.24) is 10.9 Å². The molecular weight excluding hydrogens is 334 g/mol. The van der Waals surface area contributed by atoms with Gasteiger partial charge in [-0.25, -0.2) is 10.3 Å². The number of nitrogens with zero attached hydrogens (tertiary/aromatic N) is 1. The number of hydrogen-bond acceptors (Lipinski definition) is 5. The number of amides is 3. The number of hydrogen-bond donors (Lipinski definition) is 2. The molecule has 1 heterocycles. The summed E-state index contributed by atoms with van der Waals surface area (Å²) >= 11 is 0. The van der Waals surface area contributed by atoms with Crippen LogP contribution in [0.5, 0.6) is 5.75 Å². The molecule has 2 N–H and O–H groups in total. The van der Waals surface area contributed by atoms with Gasteiger partial charge in [-0.05, 0) is 36.8 Å². The van der Waals surface area contributed by atoms with E-state index in [1.165, 1.54) is 0 Å². The zero-order valence-corrected chi connectivity index (χ0v) is 14.3. The highest BCUT2D eigenvalue weighted by atomic mass is 16.5. The predicted molar refractivity (Wildman–Crippen MR) is 95.3 cm³/mol. The number of ether oxygens (including phenoxy) is 1. The van der Waals surface area contributed by atoms with E-state index < -0.39 is 17.9 Å². The van der Waals surface area contributed by atoms with Gasteiger partial charge < -0.3 is 4.74 Å². The highest BCUT2D eigenvalue weighted by Crippen LogP contribution is 2.22. The number of carbonyl (C=O) groups excluding carboxylic acids is 3. The molecule has 1 atom stereocenters. The Balaban J connectivity index is 1.51. The molecule has 1 saturated heterocycles. The fourth-order valence-corrected chi connectivity index (χ4v) is 2.65. The summed E-state index contributed by atoms with van der Waals surface area (Å²) < 4.78 is 5.39. The first kappa shape index (κ1) is 17.6. The van der Waals surface area contributed by atoms with E-state index in [4.69, 9.17) is 4.74 Å². The van der Waals surface area contributed by atoms with E-state index in [0.29, 0.717) is 11.4 Å². The Morgan fingerprint density at radius 1 is 1.15 bits per heavy atom. The van der Waals surface area contributed by atoms with Crippen molar-refractivity contribution in [2.75, 3.05) is 11.5 Å². The maximum atomic E-state index is 12.4. The second-order valence-corrected chi connectivity index (χ2v) is 5.96. The van der Waals surface area contributed by atoms with Crippen molar-refractivity contribution in [3.63, 3.8) is 0 Å². The molecule has 1 fully saturated rings. The monoisotopic (exact) mass is 353 g/mol. The number of aryl methyl sites for hydroxylation is 1. The van der Waals surface area contributed by atoms with Gasteiger partial charge in [0.25, 0.3) is 11.8 Å². The zero-order valence-electron chi connectivity index (χ0n) is 14.3. The average molecular weight is 353 g/mol. The molecule has 0 bridgehead atoms. The van der Waals surface area contributed by atoms with E-state index in [1.807, 2.05) is 25.1 Å². The molecular formula is C19H19N3O4. The molecule has 0 radical (unpaired) electrons. The van der Waals surface area contributed by atoms with Gasteiger partial charge in [-0.3, -0.25) is 19.8 Å². The van der Waals surface area contributed by atoms with Gasteiger partial charge in [0.2, 0.25) is 5.91 Å². The van der Waals surface area contributed by atoms with Crippen LogP contribution in [0.15, 0.2) is 54.6 Å². The van der Waals surface area contributed by atoms with Crippen molar-refractivity contribution in [2.24, 2.45) is 0 Å². The molecule has 3 rings (SSSR count). The lowest BCUT2D eigenvalue weighted by Gasteiger charge is -2.16. The molecule has 7 nitrogen and oxygen atoms in total. The standard InChI is InChI=1S/C19H19N3O4/c1-13-6-5-9-15(10-13)26-12-17(23)21-20-16-11-18(24)22(19(16)25)14-7-3-2-4-8-14/h2-10,16,20H,11-12H2,1H3,(H,21,23)/t16-/m0/s1. The molecule has 3 amide bonds. The van der Waals surface area contributed by atoms with Gasteiger partial charge >= 0.3 is 0 Å². The van der Waals surface area contributed by atoms with E-state index >= 15 is 0 Å². The van der Waals surface area contributed by atoms with Crippen LogP contribution in [0.4, 0.5) is 5.69 Å². The van der Waals surface area contributed by atoms with Crippen LogP contribution in [0.25, 0.3) is 0 Å². The number of para-hydroxylation sites is 1. The molecule has 134 valence electrons. The van der Waals surface area contributed by atoms with Crippen LogP contribution in [0, 0.1) is 6.92 Å². The largest absolute Gasteiger partial charge is 0.484 e. The summed E-state index contributed by atoms with van der Waals surface area (Å²) in [6, 6.07) is 15.2. The van der Waals surface area contributed by atoms with Crippen LogP contribution in [0.1, 0.15) is 12.0 Å². The van der Waals surface area contributed by atoms with Gasteiger partial charge in [0.1, 0.15) is 11.8 Å². The summed E-state index contributed by atoms with van der Waals surface area (Å²) in [5.41, 5.74) is 6.58. The number of carbonyl (C=O) groups is 3. The topological polar surface area (TPSA) is 87.7 Å². The van der Waals surface area contributed by atoms with Crippen molar-refractivity contribution >= 4 is 23.4 Å². The number of imide groups is 1. The molecule has 0 aromatic heterocycles. The number of anilines is 1. The van der Waals surface area contributed by atoms with Crippen LogP contribution < -0.4 is 20.5 Å². The first-order valence-corrected chi connectivity index (χ1v) is 8.20. The van der Waals surface area contributed by atoms with Crippen LogP contribution in [0.3, 0.4) is 0 Å². The summed E-state index contributed by atoms with van der Waals surface area (Å²) in [6.45, 7) is 1.73. The molecule has 7 heteroatoms. The zero-order chi connectivity index (χ0) is 18.5. The van der Waals surface area contributed by atoms with Crippen molar-refractivity contribution in [3.05, 3.63) is 60.2 Å². The SMILES string of the molecule is Cc1cccc(OCC(=O)NN[C@H]2CC(=O)N(c3ccccc3)C2=O)c1. The Kier molecular flexibility index (Phi) is 5.28. The first-order chi connectivity index (χ1) is 12.5.